The van der Waals surface area contributed by atoms with Gasteiger partial charge in [0.05, 0.1) is 0 Å². The highest BCUT2D eigenvalue weighted by atomic mass is 16.6. The van der Waals surface area contributed by atoms with Crippen LogP contribution in [-0.4, -0.2) is 37.2 Å². The van der Waals surface area contributed by atoms with Gasteiger partial charge in [-0.05, 0) is 44.9 Å². The van der Waals surface area contributed by atoms with Crippen molar-refractivity contribution in [2.75, 3.05) is 13.2 Å². The molecule has 0 saturated heterocycles. The molecule has 0 aliphatic rings. The maximum Gasteiger partial charge on any atom is 0.306 e. The monoisotopic (exact) mass is 917 g/mol. The van der Waals surface area contributed by atoms with E-state index in [2.05, 4.69) is 32.9 Å². The van der Waals surface area contributed by atoms with Crippen LogP contribution >= 0.6 is 0 Å². The Balaban J connectivity index is 4.29. The molecule has 0 aromatic rings. The largest absolute Gasteiger partial charge is 0.462 e. The summed E-state index contributed by atoms with van der Waals surface area (Å²) in [6.07, 6.45) is 62.0. The van der Waals surface area contributed by atoms with E-state index in [-0.39, 0.29) is 31.1 Å². The smallest absolute Gasteiger partial charge is 0.306 e. The number of ether oxygens (including phenoxy) is 3. The van der Waals surface area contributed by atoms with E-state index >= 15 is 0 Å². The van der Waals surface area contributed by atoms with E-state index in [4.69, 9.17) is 14.2 Å². The molecule has 0 amide bonds. The quantitative estimate of drug-likeness (QED) is 0.0262. The molecule has 0 unspecified atom stereocenters. The molecule has 65 heavy (non-hydrogen) atoms. The molecule has 0 fully saturated rings. The molecule has 0 radical (unpaired) electrons. The van der Waals surface area contributed by atoms with Gasteiger partial charge in [0, 0.05) is 19.3 Å². The average molecular weight is 918 g/mol. The normalized spacial score (nSPS) is 12.0. The van der Waals surface area contributed by atoms with Crippen LogP contribution in [0.2, 0.25) is 0 Å². The fourth-order valence-electron chi connectivity index (χ4n) is 8.85. The lowest BCUT2D eigenvalue weighted by Gasteiger charge is -2.18. The Morgan fingerprint density at radius 3 is 0.769 bits per heavy atom. The predicted octanol–water partition coefficient (Wildman–Crippen LogP) is 19.3. The van der Waals surface area contributed by atoms with Gasteiger partial charge in [0.2, 0.25) is 0 Å². The zero-order valence-corrected chi connectivity index (χ0v) is 44.0. The molecule has 0 aliphatic carbocycles. The van der Waals surface area contributed by atoms with Crippen LogP contribution in [0.1, 0.15) is 329 Å². The number of allylic oxidation sites excluding steroid dienone is 2. The van der Waals surface area contributed by atoms with Gasteiger partial charge in [-0.25, -0.2) is 0 Å². The first kappa shape index (κ1) is 63.1. The molecule has 0 aromatic carbocycles. The van der Waals surface area contributed by atoms with Crippen molar-refractivity contribution in [3.8, 4) is 0 Å². The predicted molar refractivity (Wildman–Crippen MR) is 280 cm³/mol. The van der Waals surface area contributed by atoms with E-state index in [1.54, 1.807) is 0 Å². The van der Waals surface area contributed by atoms with Gasteiger partial charge >= 0.3 is 17.9 Å². The topological polar surface area (TPSA) is 78.9 Å². The van der Waals surface area contributed by atoms with Crippen molar-refractivity contribution >= 4 is 17.9 Å². The molecule has 0 N–H and O–H groups in total. The molecule has 0 saturated carbocycles. The maximum absolute atomic E-state index is 12.8. The lowest BCUT2D eigenvalue weighted by atomic mass is 10.0. The van der Waals surface area contributed by atoms with Gasteiger partial charge in [-0.1, -0.05) is 277 Å². The Labute approximate surface area is 405 Å². The second-order valence-electron chi connectivity index (χ2n) is 19.9. The Morgan fingerprint density at radius 2 is 0.508 bits per heavy atom. The number of hydrogen-bond donors (Lipinski definition) is 0. The summed E-state index contributed by atoms with van der Waals surface area (Å²) >= 11 is 0. The summed E-state index contributed by atoms with van der Waals surface area (Å²) in [7, 11) is 0. The summed E-state index contributed by atoms with van der Waals surface area (Å²) in [6, 6.07) is 0. The van der Waals surface area contributed by atoms with Gasteiger partial charge in [0.1, 0.15) is 13.2 Å². The molecule has 1 atom stereocenters. The number of carbonyl (C=O) groups is 3. The van der Waals surface area contributed by atoms with Crippen LogP contribution < -0.4 is 0 Å². The first-order valence-electron chi connectivity index (χ1n) is 29.2. The van der Waals surface area contributed by atoms with Crippen molar-refractivity contribution in [3.05, 3.63) is 12.2 Å². The van der Waals surface area contributed by atoms with Crippen LogP contribution in [0.25, 0.3) is 0 Å². The lowest BCUT2D eigenvalue weighted by Crippen LogP contribution is -2.30. The zero-order valence-electron chi connectivity index (χ0n) is 44.0. The highest BCUT2D eigenvalue weighted by Crippen LogP contribution is 2.17. The lowest BCUT2D eigenvalue weighted by molar-refractivity contribution is -0.167. The number of esters is 3. The van der Waals surface area contributed by atoms with E-state index in [0.29, 0.717) is 19.3 Å². The summed E-state index contributed by atoms with van der Waals surface area (Å²) in [4.78, 5) is 38.1. The van der Waals surface area contributed by atoms with Crippen LogP contribution in [0.3, 0.4) is 0 Å². The van der Waals surface area contributed by atoms with Crippen molar-refractivity contribution in [1.29, 1.82) is 0 Å². The molecule has 384 valence electrons. The third-order valence-corrected chi connectivity index (χ3v) is 13.3. The molecule has 0 rings (SSSR count). The van der Waals surface area contributed by atoms with Gasteiger partial charge in [-0.3, -0.25) is 14.4 Å². The minimum atomic E-state index is -0.768. The van der Waals surface area contributed by atoms with Crippen molar-refractivity contribution in [2.24, 2.45) is 0 Å². The van der Waals surface area contributed by atoms with E-state index < -0.39 is 6.10 Å². The van der Waals surface area contributed by atoms with Crippen LogP contribution in [0.15, 0.2) is 12.2 Å². The third kappa shape index (κ3) is 53.0. The van der Waals surface area contributed by atoms with E-state index in [9.17, 15) is 14.4 Å². The fourth-order valence-corrected chi connectivity index (χ4v) is 8.85. The van der Waals surface area contributed by atoms with Gasteiger partial charge in [-0.2, -0.15) is 0 Å². The van der Waals surface area contributed by atoms with Gasteiger partial charge in [0.25, 0.3) is 0 Å². The van der Waals surface area contributed by atoms with Crippen molar-refractivity contribution < 1.29 is 28.6 Å². The summed E-state index contributed by atoms with van der Waals surface area (Å²) in [5, 5.41) is 0. The summed E-state index contributed by atoms with van der Waals surface area (Å²) in [6.45, 7) is 6.68. The molecule has 0 aliphatic heterocycles. The molecule has 0 spiro atoms. The highest BCUT2D eigenvalue weighted by molar-refractivity contribution is 5.71. The summed E-state index contributed by atoms with van der Waals surface area (Å²) in [5.41, 5.74) is 0. The van der Waals surface area contributed by atoms with Crippen LogP contribution in [0, 0.1) is 0 Å². The molecule has 6 nitrogen and oxygen atoms in total. The second-order valence-corrected chi connectivity index (χ2v) is 19.9. The minimum Gasteiger partial charge on any atom is -0.462 e. The van der Waals surface area contributed by atoms with Crippen molar-refractivity contribution in [1.82, 2.24) is 0 Å². The van der Waals surface area contributed by atoms with Gasteiger partial charge in [0.15, 0.2) is 6.10 Å². The molecule has 0 aromatic heterocycles. The summed E-state index contributed by atoms with van der Waals surface area (Å²) in [5.74, 6) is -0.851. The number of rotatable bonds is 54. The van der Waals surface area contributed by atoms with Gasteiger partial charge < -0.3 is 14.2 Å². The number of carbonyl (C=O) groups excluding carboxylic acids is 3. The maximum atomic E-state index is 12.8. The van der Waals surface area contributed by atoms with Gasteiger partial charge in [-0.15, -0.1) is 0 Å². The second kappa shape index (κ2) is 54.8. The minimum absolute atomic E-state index is 0.0674. The molecular weight excluding hydrogens is 805 g/mol. The van der Waals surface area contributed by atoms with Crippen LogP contribution in [-0.2, 0) is 28.6 Å². The van der Waals surface area contributed by atoms with Crippen LogP contribution in [0.5, 0.6) is 0 Å². The fraction of sp³-hybridized carbons (Fsp3) is 0.915. The Bertz CT molecular complexity index is 1010. The van der Waals surface area contributed by atoms with Crippen molar-refractivity contribution in [3.63, 3.8) is 0 Å². The Kier molecular flexibility index (Phi) is 53.2. The molecule has 0 bridgehead atoms. The third-order valence-electron chi connectivity index (χ3n) is 13.3. The first-order chi connectivity index (χ1) is 32.0. The highest BCUT2D eigenvalue weighted by Gasteiger charge is 2.19. The number of unbranched alkanes of at least 4 members (excludes halogenated alkanes) is 41. The van der Waals surface area contributed by atoms with E-state index in [1.807, 2.05) is 0 Å². The first-order valence-corrected chi connectivity index (χ1v) is 29.2. The average Bonchev–Trinajstić information content (AvgIpc) is 3.30. The summed E-state index contributed by atoms with van der Waals surface area (Å²) < 4.78 is 16.9. The SMILES string of the molecule is CCCCCCCC/C=C\CCCCCCCC(=O)O[C@@H](COC(=O)CCCCCCCCCCCCCCC)COC(=O)CCCCCCCCCCCCCCCCCCCCC. The molecule has 0 heterocycles. The van der Waals surface area contributed by atoms with Crippen LogP contribution in [0.4, 0.5) is 0 Å². The zero-order chi connectivity index (χ0) is 47.2. The van der Waals surface area contributed by atoms with E-state index in [1.165, 1.54) is 225 Å². The van der Waals surface area contributed by atoms with Crippen molar-refractivity contribution in [2.45, 2.75) is 335 Å². The standard InChI is InChI=1S/C59H112O6/c1-4-7-10-13-16-19-22-25-27-28-29-30-32-34-37-40-43-46-49-52-58(61)64-55-56(54-63-57(60)51-48-45-42-39-36-33-24-21-18-15-12-9-6-3)65-59(62)53-50-47-44-41-38-35-31-26-23-20-17-14-11-8-5-2/h26,31,56H,4-25,27-30,32-55H2,1-3H3/b31-26-/t56-/m0/s1. The Hall–Kier alpha value is -1.85. The molecule has 6 heteroatoms. The number of hydrogen-bond acceptors (Lipinski definition) is 6. The Morgan fingerprint density at radius 1 is 0.292 bits per heavy atom. The molecular formula is C59H112O6. The van der Waals surface area contributed by atoms with E-state index in [0.717, 1.165) is 64.2 Å².